The van der Waals surface area contributed by atoms with Crippen LogP contribution in [0.15, 0.2) is 0 Å². The fourth-order valence-electron chi connectivity index (χ4n) is 3.69. The molecule has 2 bridgehead atoms. The molecule has 2 unspecified atom stereocenters. The Bertz CT molecular complexity index is 278. The van der Waals surface area contributed by atoms with E-state index in [1.54, 1.807) is 0 Å². The van der Waals surface area contributed by atoms with Gasteiger partial charge in [-0.25, -0.2) is 0 Å². The lowest BCUT2D eigenvalue weighted by atomic mass is 9.73. The van der Waals surface area contributed by atoms with Crippen molar-refractivity contribution in [1.82, 2.24) is 10.2 Å². The molecule has 0 radical (unpaired) electrons. The molecular formula is C16H28N2. The summed E-state index contributed by atoms with van der Waals surface area (Å²) >= 11 is 0. The Hall–Kier alpha value is -0.520. The van der Waals surface area contributed by atoms with Crippen molar-refractivity contribution in [3.8, 4) is 12.3 Å². The van der Waals surface area contributed by atoms with Crippen molar-refractivity contribution >= 4 is 0 Å². The second-order valence-corrected chi connectivity index (χ2v) is 6.29. The molecule has 2 heteroatoms. The first-order valence-corrected chi connectivity index (χ1v) is 7.63. The smallest absolute Gasteiger partial charge is 0.0148 e. The molecule has 1 heterocycles. The third kappa shape index (κ3) is 3.28. The molecule has 18 heavy (non-hydrogen) atoms. The van der Waals surface area contributed by atoms with Gasteiger partial charge in [-0.15, -0.1) is 12.3 Å². The number of nitrogens with one attached hydrogen (secondary N) is 1. The molecule has 2 nitrogen and oxygen atoms in total. The summed E-state index contributed by atoms with van der Waals surface area (Å²) in [5.41, 5.74) is 0. The zero-order valence-corrected chi connectivity index (χ0v) is 12.0. The number of fused-ring (bicyclic) bond motifs is 2. The summed E-state index contributed by atoms with van der Waals surface area (Å²) < 4.78 is 0. The Labute approximate surface area is 113 Å². The quantitative estimate of drug-likeness (QED) is 0.594. The van der Waals surface area contributed by atoms with Crippen molar-refractivity contribution in [2.24, 2.45) is 11.8 Å². The van der Waals surface area contributed by atoms with E-state index >= 15 is 0 Å². The standard InChI is InChI=1S/C16H28N2/c1-4-5-6-10-17-16-14-8-7-9-15(16)12-18(11-14)13(2)3/h1,13-17H,5-12H2,2-3H3. The fraction of sp³-hybridized carbons (Fsp3) is 0.875. The predicted octanol–water partition coefficient (Wildman–Crippen LogP) is 2.50. The summed E-state index contributed by atoms with van der Waals surface area (Å²) in [6.45, 7) is 8.35. The van der Waals surface area contributed by atoms with E-state index in [0.29, 0.717) is 6.04 Å². The number of hydrogen-bond acceptors (Lipinski definition) is 2. The van der Waals surface area contributed by atoms with Crippen LogP contribution in [0.5, 0.6) is 0 Å². The minimum absolute atomic E-state index is 0.704. The van der Waals surface area contributed by atoms with Gasteiger partial charge in [0.2, 0.25) is 0 Å². The van der Waals surface area contributed by atoms with Crippen molar-refractivity contribution in [2.45, 2.75) is 58.0 Å². The van der Waals surface area contributed by atoms with Crippen LogP contribution in [0.25, 0.3) is 0 Å². The Balaban J connectivity index is 1.86. The van der Waals surface area contributed by atoms with Gasteiger partial charge in [-0.3, -0.25) is 0 Å². The monoisotopic (exact) mass is 248 g/mol. The second-order valence-electron chi connectivity index (χ2n) is 6.29. The number of piperidine rings is 1. The molecular weight excluding hydrogens is 220 g/mol. The molecule has 1 aliphatic carbocycles. The number of unbranched alkanes of at least 4 members (excludes halogenated alkanes) is 1. The second kappa shape index (κ2) is 6.59. The fourth-order valence-corrected chi connectivity index (χ4v) is 3.69. The van der Waals surface area contributed by atoms with E-state index in [0.717, 1.165) is 37.3 Å². The Morgan fingerprint density at radius 3 is 2.50 bits per heavy atom. The first kappa shape index (κ1) is 13.9. The van der Waals surface area contributed by atoms with Gasteiger partial charge in [0.1, 0.15) is 0 Å². The summed E-state index contributed by atoms with van der Waals surface area (Å²) in [6, 6.07) is 1.46. The van der Waals surface area contributed by atoms with Crippen LogP contribution in [0.4, 0.5) is 0 Å². The third-order valence-electron chi connectivity index (χ3n) is 4.71. The molecule has 2 fully saturated rings. The lowest BCUT2D eigenvalue weighted by Gasteiger charge is -2.49. The molecule has 0 aromatic heterocycles. The van der Waals surface area contributed by atoms with E-state index in [9.17, 15) is 0 Å². The maximum atomic E-state index is 5.31. The molecule has 1 saturated heterocycles. The van der Waals surface area contributed by atoms with Gasteiger partial charge in [0.15, 0.2) is 0 Å². The van der Waals surface area contributed by atoms with E-state index in [4.69, 9.17) is 6.42 Å². The minimum Gasteiger partial charge on any atom is -0.313 e. The van der Waals surface area contributed by atoms with Gasteiger partial charge in [-0.2, -0.15) is 0 Å². The van der Waals surface area contributed by atoms with E-state index in [2.05, 4.69) is 30.0 Å². The molecule has 0 spiro atoms. The number of hydrogen-bond donors (Lipinski definition) is 1. The highest BCUT2D eigenvalue weighted by Gasteiger charge is 2.39. The summed E-state index contributed by atoms with van der Waals surface area (Å²) in [5, 5.41) is 3.80. The molecule has 2 atom stereocenters. The number of nitrogens with zero attached hydrogens (tertiary/aromatic N) is 1. The van der Waals surface area contributed by atoms with E-state index in [1.165, 1.54) is 32.4 Å². The van der Waals surface area contributed by atoms with Gasteiger partial charge in [0.25, 0.3) is 0 Å². The van der Waals surface area contributed by atoms with Gasteiger partial charge < -0.3 is 10.2 Å². The first-order valence-electron chi connectivity index (χ1n) is 7.63. The topological polar surface area (TPSA) is 15.3 Å². The molecule has 1 N–H and O–H groups in total. The average Bonchev–Trinajstić information content (AvgIpc) is 2.33. The number of rotatable bonds is 5. The zero-order valence-electron chi connectivity index (χ0n) is 12.0. The summed E-state index contributed by atoms with van der Waals surface area (Å²) in [6.07, 6.45) is 11.6. The highest BCUT2D eigenvalue weighted by Crippen LogP contribution is 2.35. The lowest BCUT2D eigenvalue weighted by Crippen LogP contribution is -2.58. The molecule has 0 amide bonds. The predicted molar refractivity (Wildman–Crippen MR) is 77.4 cm³/mol. The summed E-state index contributed by atoms with van der Waals surface area (Å²) in [4.78, 5) is 2.67. The van der Waals surface area contributed by atoms with Crippen LogP contribution in [0.3, 0.4) is 0 Å². The first-order chi connectivity index (χ1) is 8.72. The van der Waals surface area contributed by atoms with Crippen molar-refractivity contribution < 1.29 is 0 Å². The van der Waals surface area contributed by atoms with E-state index < -0.39 is 0 Å². The van der Waals surface area contributed by atoms with Crippen molar-refractivity contribution in [3.05, 3.63) is 0 Å². The van der Waals surface area contributed by atoms with Crippen LogP contribution in [-0.2, 0) is 0 Å². The average molecular weight is 248 g/mol. The molecule has 1 saturated carbocycles. The van der Waals surface area contributed by atoms with Crippen LogP contribution in [0, 0.1) is 24.2 Å². The van der Waals surface area contributed by atoms with E-state index in [1.807, 2.05) is 0 Å². The number of terminal acetylenes is 1. The highest BCUT2D eigenvalue weighted by atomic mass is 15.2. The maximum absolute atomic E-state index is 5.31. The molecule has 102 valence electrons. The summed E-state index contributed by atoms with van der Waals surface area (Å²) in [5.74, 6) is 4.46. The molecule has 1 aliphatic heterocycles. The van der Waals surface area contributed by atoms with Crippen LogP contribution >= 0.6 is 0 Å². The van der Waals surface area contributed by atoms with Crippen molar-refractivity contribution in [1.29, 1.82) is 0 Å². The number of likely N-dealkylation sites (tertiary alicyclic amines) is 1. The molecule has 0 aromatic rings. The normalized spacial score (nSPS) is 32.4. The Morgan fingerprint density at radius 1 is 1.28 bits per heavy atom. The van der Waals surface area contributed by atoms with Crippen LogP contribution in [0.1, 0.15) is 46.0 Å². The third-order valence-corrected chi connectivity index (χ3v) is 4.71. The largest absolute Gasteiger partial charge is 0.313 e. The molecule has 2 rings (SSSR count). The van der Waals surface area contributed by atoms with Crippen molar-refractivity contribution in [2.75, 3.05) is 19.6 Å². The summed E-state index contributed by atoms with van der Waals surface area (Å²) in [7, 11) is 0. The Morgan fingerprint density at radius 2 is 1.94 bits per heavy atom. The van der Waals surface area contributed by atoms with Gasteiger partial charge in [-0.1, -0.05) is 6.42 Å². The lowest BCUT2D eigenvalue weighted by molar-refractivity contribution is 0.0298. The minimum atomic E-state index is 0.704. The van der Waals surface area contributed by atoms with E-state index in [-0.39, 0.29) is 0 Å². The molecule has 2 aliphatic rings. The molecule has 0 aromatic carbocycles. The van der Waals surface area contributed by atoms with Gasteiger partial charge in [0.05, 0.1) is 0 Å². The van der Waals surface area contributed by atoms with Gasteiger partial charge in [-0.05, 0) is 51.5 Å². The van der Waals surface area contributed by atoms with Crippen LogP contribution in [-0.4, -0.2) is 36.6 Å². The van der Waals surface area contributed by atoms with Gasteiger partial charge in [0, 0.05) is 31.6 Å². The maximum Gasteiger partial charge on any atom is 0.0148 e. The van der Waals surface area contributed by atoms with Gasteiger partial charge >= 0.3 is 0 Å². The van der Waals surface area contributed by atoms with Crippen LogP contribution in [0.2, 0.25) is 0 Å². The van der Waals surface area contributed by atoms with Crippen molar-refractivity contribution in [3.63, 3.8) is 0 Å². The highest BCUT2D eigenvalue weighted by molar-refractivity contribution is 4.95. The Kier molecular flexibility index (Phi) is 5.09. The zero-order chi connectivity index (χ0) is 13.0. The SMILES string of the molecule is C#CCCCNC1C2CCCC1CN(C(C)C)C2. The van der Waals surface area contributed by atoms with Crippen LogP contribution < -0.4 is 5.32 Å².